The quantitative estimate of drug-likeness (QED) is 0.0199. The van der Waals surface area contributed by atoms with Crippen LogP contribution in [0.2, 0.25) is 0 Å². The Balaban J connectivity index is 1.28. The summed E-state index contributed by atoms with van der Waals surface area (Å²) < 4.78 is 34.4. The lowest BCUT2D eigenvalue weighted by Crippen LogP contribution is -2.66. The van der Waals surface area contributed by atoms with Crippen LogP contribution in [0.15, 0.2) is 60.8 Å². The highest BCUT2D eigenvalue weighted by molar-refractivity contribution is 5.76. The van der Waals surface area contributed by atoms with Crippen LogP contribution < -0.4 is 5.32 Å². The third-order valence-electron chi connectivity index (χ3n) is 20.8. The van der Waals surface area contributed by atoms with Crippen LogP contribution in [0.1, 0.15) is 335 Å². The summed E-state index contributed by atoms with van der Waals surface area (Å²) in [4.78, 5) is 13.5. The highest BCUT2D eigenvalue weighted by Crippen LogP contribution is 2.33. The molecule has 602 valence electrons. The van der Waals surface area contributed by atoms with Crippen molar-refractivity contribution >= 4 is 5.91 Å². The summed E-state index contributed by atoms with van der Waals surface area (Å²) in [6.45, 7) is 1.66. The molecule has 0 aromatic heterocycles. The predicted octanol–water partition coefficient (Wildman–Crippen LogP) is 14.6. The molecule has 12 N–H and O–H groups in total. The van der Waals surface area contributed by atoms with E-state index in [-0.39, 0.29) is 18.9 Å². The molecule has 0 saturated carbocycles. The summed E-state index contributed by atoms with van der Waals surface area (Å²) in [5.74, 6) is -0.269. The Bertz CT molecular complexity index is 2090. The van der Waals surface area contributed by atoms with Crippen LogP contribution in [0.3, 0.4) is 0 Å². The van der Waals surface area contributed by atoms with Gasteiger partial charge in [0, 0.05) is 6.42 Å². The van der Waals surface area contributed by atoms with E-state index < -0.39 is 124 Å². The van der Waals surface area contributed by atoms with Crippen molar-refractivity contribution in [2.24, 2.45) is 0 Å². The van der Waals surface area contributed by atoms with Crippen molar-refractivity contribution in [3.8, 4) is 0 Å². The van der Waals surface area contributed by atoms with Crippen molar-refractivity contribution in [3.63, 3.8) is 0 Å². The van der Waals surface area contributed by atoms with Gasteiger partial charge in [-0.3, -0.25) is 4.79 Å². The number of ether oxygens (including phenoxy) is 6. The molecule has 19 nitrogen and oxygen atoms in total. The number of amides is 1. The van der Waals surface area contributed by atoms with Gasteiger partial charge in [0.2, 0.25) is 5.91 Å². The van der Waals surface area contributed by atoms with Gasteiger partial charge >= 0.3 is 0 Å². The van der Waals surface area contributed by atoms with Gasteiger partial charge in [-0.05, 0) is 57.8 Å². The molecule has 0 aromatic rings. The lowest BCUT2D eigenvalue weighted by molar-refractivity contribution is -0.379. The van der Waals surface area contributed by atoms with Gasteiger partial charge in [0.15, 0.2) is 18.9 Å². The minimum atomic E-state index is -1.98. The largest absolute Gasteiger partial charge is 0.394 e. The highest BCUT2D eigenvalue weighted by Gasteiger charge is 2.54. The summed E-state index contributed by atoms with van der Waals surface area (Å²) in [5, 5.41) is 121. The Morgan fingerprint density at radius 3 is 1.05 bits per heavy atom. The number of carbonyl (C=O) groups excluding carboxylic acids is 1. The molecule has 103 heavy (non-hydrogen) atoms. The molecule has 19 heteroatoms. The van der Waals surface area contributed by atoms with Gasteiger partial charge in [0.1, 0.15) is 73.2 Å². The fourth-order valence-corrected chi connectivity index (χ4v) is 14.1. The Morgan fingerprint density at radius 1 is 0.359 bits per heavy atom. The van der Waals surface area contributed by atoms with Crippen molar-refractivity contribution < 1.29 is 89.4 Å². The van der Waals surface area contributed by atoms with E-state index in [1.54, 1.807) is 6.08 Å². The molecular formula is C84H153NO18. The molecule has 3 fully saturated rings. The molecular weight excluding hydrogens is 1310 g/mol. The first-order chi connectivity index (χ1) is 50.3. The van der Waals surface area contributed by atoms with Gasteiger partial charge in [0.05, 0.1) is 38.6 Å². The highest BCUT2D eigenvalue weighted by atomic mass is 16.8. The van der Waals surface area contributed by atoms with Crippen molar-refractivity contribution in [1.82, 2.24) is 5.32 Å². The third kappa shape index (κ3) is 44.1. The minimum absolute atomic E-state index is 0.247. The number of unbranched alkanes of at least 4 members (excludes halogenated alkanes) is 43. The van der Waals surface area contributed by atoms with E-state index in [2.05, 4.69) is 67.8 Å². The summed E-state index contributed by atoms with van der Waals surface area (Å²) >= 11 is 0. The van der Waals surface area contributed by atoms with E-state index in [0.29, 0.717) is 6.42 Å². The standard InChI is InChI=1S/C84H153NO18/c1-3-5-7-9-11-13-15-17-19-21-22-23-24-25-26-27-28-29-30-31-32-33-34-35-36-37-38-39-40-41-42-43-44-46-48-50-52-54-56-58-60-62-72(90)85-67(68(89)61-59-57-55-53-51-49-47-45-20-18-16-14-12-10-8-6-4-2)66-98-82-78(96)75(93)80(70(64-87)100-82)103-84-79(97)76(94)81(71(65-88)101-84)102-83-77(95)74(92)73(91)69(63-86)99-83/h5,7,11,13,17,19,22-23,59,61,67-71,73-84,86-89,91-97H,3-4,6,8-10,12,14-16,18,20-21,24-58,60,62-66H2,1-2H3,(H,85,90)/b7-5-,13-11-,19-17-,23-22-,61-59+. The molecule has 3 rings (SSSR count). The summed E-state index contributed by atoms with van der Waals surface area (Å²) in [5.41, 5.74) is 0. The molecule has 3 aliphatic heterocycles. The topological polar surface area (TPSA) is 307 Å². The lowest BCUT2D eigenvalue weighted by atomic mass is 9.96. The molecule has 0 aromatic carbocycles. The molecule has 3 aliphatic rings. The Hall–Kier alpha value is -2.51. The number of aliphatic hydroxyl groups excluding tert-OH is 11. The number of allylic oxidation sites excluding steroid dienone is 9. The third-order valence-corrected chi connectivity index (χ3v) is 20.8. The Morgan fingerprint density at radius 2 is 0.670 bits per heavy atom. The monoisotopic (exact) mass is 1460 g/mol. The van der Waals surface area contributed by atoms with Crippen LogP contribution in [-0.2, 0) is 33.2 Å². The Labute approximate surface area is 624 Å². The fourth-order valence-electron chi connectivity index (χ4n) is 14.1. The summed E-state index contributed by atoms with van der Waals surface area (Å²) in [7, 11) is 0. The van der Waals surface area contributed by atoms with Crippen LogP contribution in [-0.4, -0.2) is 193 Å². The van der Waals surface area contributed by atoms with Crippen molar-refractivity contribution in [2.75, 3.05) is 26.4 Å². The average molecular weight is 1470 g/mol. The second-order valence-corrected chi connectivity index (χ2v) is 29.9. The predicted molar refractivity (Wildman–Crippen MR) is 411 cm³/mol. The molecule has 1 amide bonds. The number of nitrogens with one attached hydrogen (secondary N) is 1. The first kappa shape index (κ1) is 94.7. The molecule has 17 unspecified atom stereocenters. The van der Waals surface area contributed by atoms with Crippen LogP contribution in [0, 0.1) is 0 Å². The first-order valence-electron chi connectivity index (χ1n) is 42.0. The summed E-state index contributed by atoms with van der Waals surface area (Å²) in [6.07, 6.45) is 56.7. The van der Waals surface area contributed by atoms with Crippen molar-refractivity contribution in [2.45, 2.75) is 439 Å². The normalized spacial score (nSPS) is 26.3. The van der Waals surface area contributed by atoms with E-state index in [4.69, 9.17) is 28.4 Å². The SMILES string of the molecule is CC/C=C\C/C=C\C/C=C\C/C=C\CCCCCCCCCCCCCCCCCCCCCCCCCCCCCCC(=O)NC(COC1OC(CO)C(OC2OC(CO)C(OC3OC(CO)C(O)C(O)C3O)C(O)C2O)C(O)C1O)C(O)/C=C/CCCCCCCCCCCCCCCCC. The number of rotatable bonds is 67. The van der Waals surface area contributed by atoms with Gasteiger partial charge in [-0.2, -0.15) is 0 Å². The molecule has 3 saturated heterocycles. The van der Waals surface area contributed by atoms with Crippen LogP contribution in [0.4, 0.5) is 0 Å². The first-order valence-corrected chi connectivity index (χ1v) is 42.0. The second-order valence-electron chi connectivity index (χ2n) is 29.9. The lowest BCUT2D eigenvalue weighted by Gasteiger charge is -2.48. The van der Waals surface area contributed by atoms with Crippen molar-refractivity contribution in [1.29, 1.82) is 0 Å². The van der Waals surface area contributed by atoms with Gasteiger partial charge in [-0.25, -0.2) is 0 Å². The van der Waals surface area contributed by atoms with Crippen molar-refractivity contribution in [3.05, 3.63) is 60.8 Å². The maximum Gasteiger partial charge on any atom is 0.220 e. The van der Waals surface area contributed by atoms with E-state index >= 15 is 0 Å². The summed E-state index contributed by atoms with van der Waals surface area (Å²) in [6, 6.07) is -0.972. The Kier molecular flexibility index (Phi) is 59.1. The second kappa shape index (κ2) is 64.3. The molecule has 0 radical (unpaired) electrons. The number of carbonyl (C=O) groups is 1. The van der Waals surface area contributed by atoms with Crippen LogP contribution >= 0.6 is 0 Å². The smallest absolute Gasteiger partial charge is 0.220 e. The zero-order valence-corrected chi connectivity index (χ0v) is 64.5. The maximum absolute atomic E-state index is 13.5. The number of hydrogen-bond donors (Lipinski definition) is 12. The molecule has 0 bridgehead atoms. The fraction of sp³-hybridized carbons (Fsp3) is 0.869. The van der Waals surface area contributed by atoms with E-state index in [9.17, 15) is 61.0 Å². The number of aliphatic hydroxyl groups is 11. The van der Waals surface area contributed by atoms with Gasteiger partial charge < -0.3 is 89.9 Å². The molecule has 0 spiro atoms. The van der Waals surface area contributed by atoms with E-state index in [1.807, 2.05) is 6.08 Å². The maximum atomic E-state index is 13.5. The van der Waals surface area contributed by atoms with Crippen LogP contribution in [0.25, 0.3) is 0 Å². The molecule has 17 atom stereocenters. The van der Waals surface area contributed by atoms with E-state index in [0.717, 1.165) is 70.6 Å². The molecule has 0 aliphatic carbocycles. The van der Waals surface area contributed by atoms with Gasteiger partial charge in [0.25, 0.3) is 0 Å². The van der Waals surface area contributed by atoms with E-state index in [1.165, 1.54) is 238 Å². The van der Waals surface area contributed by atoms with Gasteiger partial charge in [-0.15, -0.1) is 0 Å². The number of hydrogen-bond acceptors (Lipinski definition) is 18. The van der Waals surface area contributed by atoms with Crippen LogP contribution in [0.5, 0.6) is 0 Å². The van der Waals surface area contributed by atoms with Gasteiger partial charge in [-0.1, -0.05) is 331 Å². The zero-order chi connectivity index (χ0) is 74.6. The minimum Gasteiger partial charge on any atom is -0.394 e. The average Bonchev–Trinajstić information content (AvgIpc) is 0.782. The zero-order valence-electron chi connectivity index (χ0n) is 64.5. The molecule has 3 heterocycles.